The first-order valence-electron chi connectivity index (χ1n) is 16.5. The molecule has 0 amide bonds. The van der Waals surface area contributed by atoms with Gasteiger partial charge in [0.1, 0.15) is 34.2 Å². The van der Waals surface area contributed by atoms with Gasteiger partial charge in [-0.2, -0.15) is 8.42 Å². The number of rotatable bonds is 9. The van der Waals surface area contributed by atoms with Gasteiger partial charge in [-0.1, -0.05) is 24.3 Å². The first-order valence-corrected chi connectivity index (χ1v) is 18.4. The van der Waals surface area contributed by atoms with Crippen molar-refractivity contribution in [2.24, 2.45) is 14.1 Å². The molecule has 0 atom stereocenters. The van der Waals surface area contributed by atoms with Crippen molar-refractivity contribution >= 4 is 55.2 Å². The van der Waals surface area contributed by atoms with E-state index in [1.807, 2.05) is 78.9 Å². The standard InChI is InChI=1S/C23H24N4O.C16H18N4O3S/c1-16-11-18(12-17-5-8-19(28-4)9-6-17)7-10-21(16)27(3)23-13-22-20(14-24-23)25-15-26(22)2;1-11-7-12(23-24(4,21)22)5-6-14(11)20(3)16-8-15-13(9-17-16)18-10-19(15)2/h5-11,13-15H,12H2,1-4H3;5-10H,1-4H3. The lowest BCUT2D eigenvalue weighted by Gasteiger charge is -2.21. The van der Waals surface area contributed by atoms with Gasteiger partial charge >= 0.3 is 10.1 Å². The zero-order valence-corrected chi connectivity index (χ0v) is 31.4. The molecule has 0 aliphatic carbocycles. The minimum absolute atomic E-state index is 0.294. The number of nitrogens with zero attached hydrogens (tertiary/aromatic N) is 8. The van der Waals surface area contributed by atoms with E-state index in [1.54, 1.807) is 31.8 Å². The Bertz CT molecular complexity index is 2480. The predicted molar refractivity (Wildman–Crippen MR) is 207 cm³/mol. The van der Waals surface area contributed by atoms with Crippen LogP contribution in [0.3, 0.4) is 0 Å². The fourth-order valence-corrected chi connectivity index (χ4v) is 6.52. The summed E-state index contributed by atoms with van der Waals surface area (Å²) in [6.07, 6.45) is 9.05. The first-order chi connectivity index (χ1) is 24.8. The molecule has 268 valence electrons. The number of hydrogen-bond donors (Lipinski definition) is 0. The Hall–Kier alpha value is -5.95. The summed E-state index contributed by atoms with van der Waals surface area (Å²) >= 11 is 0. The minimum Gasteiger partial charge on any atom is -0.497 e. The third-order valence-electron chi connectivity index (χ3n) is 8.85. The number of anilines is 4. The van der Waals surface area contributed by atoms with Crippen molar-refractivity contribution in [1.82, 2.24) is 29.1 Å². The highest BCUT2D eigenvalue weighted by atomic mass is 32.2. The molecule has 4 aromatic heterocycles. The van der Waals surface area contributed by atoms with E-state index in [1.165, 1.54) is 16.7 Å². The van der Waals surface area contributed by atoms with Crippen molar-refractivity contribution in [3.8, 4) is 11.5 Å². The van der Waals surface area contributed by atoms with Gasteiger partial charge in [0.25, 0.3) is 0 Å². The van der Waals surface area contributed by atoms with E-state index in [4.69, 9.17) is 8.92 Å². The molecular weight excluding hydrogens is 677 g/mol. The van der Waals surface area contributed by atoms with Crippen LogP contribution in [0.15, 0.2) is 97.8 Å². The molecule has 52 heavy (non-hydrogen) atoms. The Morgan fingerprint density at radius 1 is 0.654 bits per heavy atom. The summed E-state index contributed by atoms with van der Waals surface area (Å²) in [7, 11) is 6.04. The van der Waals surface area contributed by atoms with Crippen molar-refractivity contribution in [3.05, 3.63) is 120 Å². The Kier molecular flexibility index (Phi) is 10.2. The minimum atomic E-state index is -3.54. The Balaban J connectivity index is 0.000000181. The highest BCUT2D eigenvalue weighted by Gasteiger charge is 2.14. The van der Waals surface area contributed by atoms with Gasteiger partial charge in [-0.05, 0) is 78.9 Å². The number of pyridine rings is 2. The molecule has 0 aliphatic heterocycles. The van der Waals surface area contributed by atoms with Crippen molar-refractivity contribution in [1.29, 1.82) is 0 Å². The topological polar surface area (TPSA) is 120 Å². The number of aromatic nitrogens is 6. The average Bonchev–Trinajstić information content (AvgIpc) is 3.68. The fraction of sp³-hybridized carbons (Fsp3) is 0.231. The number of imidazole rings is 2. The number of hydrogen-bond acceptors (Lipinski definition) is 10. The van der Waals surface area contributed by atoms with E-state index >= 15 is 0 Å². The van der Waals surface area contributed by atoms with E-state index in [9.17, 15) is 8.42 Å². The molecule has 12 nitrogen and oxygen atoms in total. The lowest BCUT2D eigenvalue weighted by molar-refractivity contribution is 0.414. The Labute approximate surface area is 304 Å². The maximum atomic E-state index is 11.2. The molecule has 7 rings (SSSR count). The van der Waals surface area contributed by atoms with Gasteiger partial charge in [0.2, 0.25) is 0 Å². The zero-order chi connectivity index (χ0) is 37.2. The van der Waals surface area contributed by atoms with Crippen LogP contribution in [-0.4, -0.2) is 64.9 Å². The second kappa shape index (κ2) is 14.7. The molecule has 0 saturated heterocycles. The van der Waals surface area contributed by atoms with Crippen LogP contribution in [0.25, 0.3) is 22.1 Å². The van der Waals surface area contributed by atoms with Crippen LogP contribution in [0, 0.1) is 13.8 Å². The highest BCUT2D eigenvalue weighted by Crippen LogP contribution is 2.31. The van der Waals surface area contributed by atoms with Gasteiger partial charge in [0.05, 0.1) is 49.4 Å². The molecule has 0 fully saturated rings. The number of fused-ring (bicyclic) bond motifs is 2. The molecule has 7 aromatic rings. The van der Waals surface area contributed by atoms with E-state index < -0.39 is 10.1 Å². The third-order valence-corrected chi connectivity index (χ3v) is 9.34. The molecule has 0 radical (unpaired) electrons. The molecular formula is C39H42N8O4S. The van der Waals surface area contributed by atoms with E-state index in [2.05, 4.69) is 75.2 Å². The maximum Gasteiger partial charge on any atom is 0.306 e. The highest BCUT2D eigenvalue weighted by molar-refractivity contribution is 7.86. The molecule has 0 spiro atoms. The van der Waals surface area contributed by atoms with Gasteiger partial charge in [-0.15, -0.1) is 0 Å². The molecule has 0 saturated carbocycles. The molecule has 13 heteroatoms. The summed E-state index contributed by atoms with van der Waals surface area (Å²) in [5.74, 6) is 2.85. The van der Waals surface area contributed by atoms with Crippen LogP contribution in [0.4, 0.5) is 23.0 Å². The van der Waals surface area contributed by atoms with Gasteiger partial charge < -0.3 is 27.9 Å². The quantitative estimate of drug-likeness (QED) is 0.144. The predicted octanol–water partition coefficient (Wildman–Crippen LogP) is 7.03. The van der Waals surface area contributed by atoms with Gasteiger partial charge in [0.15, 0.2) is 0 Å². The third kappa shape index (κ3) is 8.00. The van der Waals surface area contributed by atoms with E-state index in [0.717, 1.165) is 69.1 Å². The summed E-state index contributed by atoms with van der Waals surface area (Å²) in [6, 6.07) is 24.0. The van der Waals surface area contributed by atoms with Crippen LogP contribution < -0.4 is 18.7 Å². The van der Waals surface area contributed by atoms with E-state index in [-0.39, 0.29) is 0 Å². The Morgan fingerprint density at radius 2 is 1.13 bits per heavy atom. The lowest BCUT2D eigenvalue weighted by atomic mass is 10.0. The van der Waals surface area contributed by atoms with Gasteiger partial charge in [-0.3, -0.25) is 0 Å². The maximum absolute atomic E-state index is 11.2. The SMILES string of the molecule is COc1ccc(Cc2ccc(N(C)c3cc4c(cn3)ncn4C)c(C)c2)cc1.Cc1cc(OS(C)(=O)=O)ccc1N(C)c1cc2c(cn1)ncn2C. The summed E-state index contributed by atoms with van der Waals surface area (Å²) in [5.41, 5.74) is 10.5. The second-order valence-electron chi connectivity index (χ2n) is 12.8. The molecule has 0 N–H and O–H groups in total. The number of benzene rings is 3. The molecule has 4 heterocycles. The first kappa shape index (κ1) is 35.9. The van der Waals surface area contributed by atoms with Crippen LogP contribution >= 0.6 is 0 Å². The molecule has 0 aliphatic rings. The monoisotopic (exact) mass is 718 g/mol. The summed E-state index contributed by atoms with van der Waals surface area (Å²) in [5, 5.41) is 0. The number of aryl methyl sites for hydroxylation is 4. The van der Waals surface area contributed by atoms with Crippen molar-refractivity contribution < 1.29 is 17.3 Å². The molecule has 3 aromatic carbocycles. The second-order valence-corrected chi connectivity index (χ2v) is 14.3. The summed E-state index contributed by atoms with van der Waals surface area (Å²) < 4.78 is 36.6. The molecule has 0 unspecified atom stereocenters. The van der Waals surface area contributed by atoms with Crippen molar-refractivity contribution in [2.75, 3.05) is 37.3 Å². The zero-order valence-electron chi connectivity index (χ0n) is 30.6. The number of methoxy groups -OCH3 is 1. The summed E-state index contributed by atoms with van der Waals surface area (Å²) in [4.78, 5) is 21.7. The van der Waals surface area contributed by atoms with Crippen molar-refractivity contribution in [2.45, 2.75) is 20.3 Å². The van der Waals surface area contributed by atoms with E-state index in [0.29, 0.717) is 5.75 Å². The smallest absolute Gasteiger partial charge is 0.306 e. The molecule has 0 bridgehead atoms. The average molecular weight is 719 g/mol. The largest absolute Gasteiger partial charge is 0.497 e. The van der Waals surface area contributed by atoms with Crippen LogP contribution in [0.2, 0.25) is 0 Å². The van der Waals surface area contributed by atoms with Crippen LogP contribution in [-0.2, 0) is 30.6 Å². The summed E-state index contributed by atoms with van der Waals surface area (Å²) in [6.45, 7) is 4.04. The Morgan fingerprint density at radius 3 is 1.62 bits per heavy atom. The van der Waals surface area contributed by atoms with Crippen molar-refractivity contribution in [3.63, 3.8) is 0 Å². The normalized spacial score (nSPS) is 11.3. The van der Waals surface area contributed by atoms with Crippen LogP contribution in [0.5, 0.6) is 11.5 Å². The number of ether oxygens (including phenoxy) is 1. The fourth-order valence-electron chi connectivity index (χ4n) is 6.07. The van der Waals surface area contributed by atoms with Gasteiger partial charge in [0, 0.05) is 51.7 Å². The lowest BCUT2D eigenvalue weighted by Crippen LogP contribution is -2.13. The van der Waals surface area contributed by atoms with Crippen LogP contribution in [0.1, 0.15) is 22.3 Å². The van der Waals surface area contributed by atoms with Gasteiger partial charge in [-0.25, -0.2) is 19.9 Å².